The second kappa shape index (κ2) is 12.4. The molecule has 0 spiro atoms. The SMILES string of the molecule is COCCOCCOCCC(=Cc1ccc2cc(N3CCCCC3)ccc2c1)C(N)=O. The van der Waals surface area contributed by atoms with Crippen LogP contribution in [0.25, 0.3) is 16.8 Å². The number of ether oxygens (including phenoxy) is 3. The zero-order valence-corrected chi connectivity index (χ0v) is 18.5. The summed E-state index contributed by atoms with van der Waals surface area (Å²) in [5.41, 5.74) is 8.40. The van der Waals surface area contributed by atoms with Gasteiger partial charge in [-0.15, -0.1) is 0 Å². The van der Waals surface area contributed by atoms with Gasteiger partial charge in [0, 0.05) is 37.9 Å². The van der Waals surface area contributed by atoms with E-state index in [1.165, 1.54) is 30.3 Å². The summed E-state index contributed by atoms with van der Waals surface area (Å²) in [5.74, 6) is -0.416. The van der Waals surface area contributed by atoms with Gasteiger partial charge in [0.15, 0.2) is 0 Å². The topological polar surface area (TPSA) is 74.0 Å². The van der Waals surface area contributed by atoms with Crippen molar-refractivity contribution < 1.29 is 19.0 Å². The molecular weight excluding hydrogens is 392 g/mol. The van der Waals surface area contributed by atoms with Crippen LogP contribution in [0.3, 0.4) is 0 Å². The van der Waals surface area contributed by atoms with E-state index in [-0.39, 0.29) is 0 Å². The van der Waals surface area contributed by atoms with Crippen LogP contribution in [-0.2, 0) is 19.0 Å². The Kier molecular flexibility index (Phi) is 9.34. The van der Waals surface area contributed by atoms with Crippen molar-refractivity contribution >= 4 is 28.4 Å². The largest absolute Gasteiger partial charge is 0.382 e. The predicted molar refractivity (Wildman–Crippen MR) is 125 cm³/mol. The van der Waals surface area contributed by atoms with Gasteiger partial charge in [-0.25, -0.2) is 0 Å². The van der Waals surface area contributed by atoms with Gasteiger partial charge in [0.05, 0.1) is 33.0 Å². The van der Waals surface area contributed by atoms with E-state index < -0.39 is 5.91 Å². The number of amides is 1. The highest BCUT2D eigenvalue weighted by molar-refractivity contribution is 5.97. The van der Waals surface area contributed by atoms with Crippen molar-refractivity contribution in [2.45, 2.75) is 25.7 Å². The molecule has 3 rings (SSSR count). The maximum Gasteiger partial charge on any atom is 0.244 e. The molecule has 2 aromatic rings. The number of anilines is 1. The summed E-state index contributed by atoms with van der Waals surface area (Å²) in [5, 5.41) is 2.36. The molecule has 1 aliphatic heterocycles. The van der Waals surface area contributed by atoms with Crippen molar-refractivity contribution in [1.82, 2.24) is 0 Å². The number of nitrogens with zero attached hydrogens (tertiary/aromatic N) is 1. The Morgan fingerprint density at radius 3 is 2.35 bits per heavy atom. The Hall–Kier alpha value is -2.41. The van der Waals surface area contributed by atoms with Gasteiger partial charge < -0.3 is 24.8 Å². The van der Waals surface area contributed by atoms with E-state index in [1.54, 1.807) is 7.11 Å². The molecular formula is C25H34N2O4. The average Bonchev–Trinajstić information content (AvgIpc) is 2.80. The van der Waals surface area contributed by atoms with Gasteiger partial charge >= 0.3 is 0 Å². The van der Waals surface area contributed by atoms with Crippen LogP contribution < -0.4 is 10.6 Å². The molecule has 0 atom stereocenters. The smallest absolute Gasteiger partial charge is 0.244 e. The van der Waals surface area contributed by atoms with E-state index in [0.717, 1.165) is 24.0 Å². The Bertz CT molecular complexity index is 875. The van der Waals surface area contributed by atoms with Crippen LogP contribution >= 0.6 is 0 Å². The molecule has 1 fully saturated rings. The van der Waals surface area contributed by atoms with E-state index in [4.69, 9.17) is 19.9 Å². The second-order valence-corrected chi connectivity index (χ2v) is 7.84. The highest BCUT2D eigenvalue weighted by atomic mass is 16.5. The number of methoxy groups -OCH3 is 1. The summed E-state index contributed by atoms with van der Waals surface area (Å²) in [7, 11) is 1.64. The number of fused-ring (bicyclic) bond motifs is 1. The number of nitrogens with two attached hydrogens (primary N) is 1. The minimum Gasteiger partial charge on any atom is -0.382 e. The lowest BCUT2D eigenvalue weighted by atomic mass is 10.0. The third-order valence-electron chi connectivity index (χ3n) is 5.55. The first-order chi connectivity index (χ1) is 15.2. The van der Waals surface area contributed by atoms with Crippen LogP contribution in [0.15, 0.2) is 42.0 Å². The molecule has 0 unspecified atom stereocenters. The lowest BCUT2D eigenvalue weighted by Gasteiger charge is -2.29. The summed E-state index contributed by atoms with van der Waals surface area (Å²) < 4.78 is 15.8. The third kappa shape index (κ3) is 7.35. The highest BCUT2D eigenvalue weighted by Gasteiger charge is 2.11. The number of carbonyl (C=O) groups is 1. The fourth-order valence-corrected chi connectivity index (χ4v) is 3.80. The van der Waals surface area contributed by atoms with Crippen molar-refractivity contribution in [2.24, 2.45) is 5.73 Å². The van der Waals surface area contributed by atoms with Gasteiger partial charge in [0.1, 0.15) is 0 Å². The summed E-state index contributed by atoms with van der Waals surface area (Å²) in [4.78, 5) is 14.3. The molecule has 0 aromatic heterocycles. The normalized spacial score (nSPS) is 14.9. The van der Waals surface area contributed by atoms with E-state index in [2.05, 4.69) is 35.2 Å². The fourth-order valence-electron chi connectivity index (χ4n) is 3.80. The third-order valence-corrected chi connectivity index (χ3v) is 5.55. The van der Waals surface area contributed by atoms with E-state index in [0.29, 0.717) is 45.0 Å². The van der Waals surface area contributed by atoms with Gasteiger partial charge in [-0.05, 0) is 59.9 Å². The lowest BCUT2D eigenvalue weighted by Crippen LogP contribution is -2.29. The second-order valence-electron chi connectivity index (χ2n) is 7.84. The molecule has 0 bridgehead atoms. The molecule has 1 aliphatic rings. The Balaban J connectivity index is 1.58. The quantitative estimate of drug-likeness (QED) is 0.413. The Morgan fingerprint density at radius 2 is 1.61 bits per heavy atom. The van der Waals surface area contributed by atoms with Crippen molar-refractivity contribution in [2.75, 3.05) is 58.1 Å². The summed E-state index contributed by atoms with van der Waals surface area (Å²) in [6.45, 7) is 4.79. The number of benzene rings is 2. The fraction of sp³-hybridized carbons (Fsp3) is 0.480. The van der Waals surface area contributed by atoms with Crippen LogP contribution in [0.1, 0.15) is 31.2 Å². The van der Waals surface area contributed by atoms with Crippen LogP contribution in [0.5, 0.6) is 0 Å². The average molecular weight is 427 g/mol. The lowest BCUT2D eigenvalue weighted by molar-refractivity contribution is -0.114. The monoisotopic (exact) mass is 426 g/mol. The number of primary amides is 1. The molecule has 1 saturated heterocycles. The maximum absolute atomic E-state index is 11.9. The van der Waals surface area contributed by atoms with Crippen molar-refractivity contribution in [1.29, 1.82) is 0 Å². The first-order valence-corrected chi connectivity index (χ1v) is 11.1. The maximum atomic E-state index is 11.9. The molecule has 6 heteroatoms. The van der Waals surface area contributed by atoms with Crippen molar-refractivity contribution in [3.05, 3.63) is 47.5 Å². The minimum atomic E-state index is -0.416. The van der Waals surface area contributed by atoms with Crippen molar-refractivity contribution in [3.63, 3.8) is 0 Å². The van der Waals surface area contributed by atoms with Crippen LogP contribution in [-0.4, -0.2) is 59.1 Å². The molecule has 0 aliphatic carbocycles. The molecule has 2 N–H and O–H groups in total. The summed E-state index contributed by atoms with van der Waals surface area (Å²) in [6.07, 6.45) is 6.19. The van der Waals surface area contributed by atoms with Gasteiger partial charge in [-0.1, -0.05) is 18.2 Å². The standard InChI is InChI=1S/C25H34N2O4/c1-29-13-14-31-16-15-30-12-9-23(25(26)28)18-20-5-6-22-19-24(8-7-21(22)17-20)27-10-3-2-4-11-27/h5-8,17-19H,2-4,9-16H2,1H3,(H2,26,28). The Morgan fingerprint density at radius 1 is 0.935 bits per heavy atom. The van der Waals surface area contributed by atoms with Gasteiger partial charge in [0.25, 0.3) is 0 Å². The number of hydrogen-bond acceptors (Lipinski definition) is 5. The van der Waals surface area contributed by atoms with Crippen LogP contribution in [0.4, 0.5) is 5.69 Å². The predicted octanol–water partition coefficient (Wildman–Crippen LogP) is 3.77. The first-order valence-electron chi connectivity index (χ1n) is 11.1. The minimum absolute atomic E-state index is 0.416. The van der Waals surface area contributed by atoms with Gasteiger partial charge in [-0.2, -0.15) is 0 Å². The molecule has 31 heavy (non-hydrogen) atoms. The zero-order valence-electron chi connectivity index (χ0n) is 18.5. The van der Waals surface area contributed by atoms with E-state index in [9.17, 15) is 4.79 Å². The van der Waals surface area contributed by atoms with E-state index >= 15 is 0 Å². The first kappa shape index (κ1) is 23.3. The number of rotatable bonds is 12. The number of piperidine rings is 1. The molecule has 0 saturated carbocycles. The molecule has 2 aromatic carbocycles. The van der Waals surface area contributed by atoms with Gasteiger partial charge in [-0.3, -0.25) is 4.79 Å². The van der Waals surface area contributed by atoms with Crippen LogP contribution in [0.2, 0.25) is 0 Å². The van der Waals surface area contributed by atoms with Gasteiger partial charge in [0.2, 0.25) is 5.91 Å². The zero-order chi connectivity index (χ0) is 21.9. The Labute approximate surface area is 184 Å². The number of hydrogen-bond donors (Lipinski definition) is 1. The summed E-state index contributed by atoms with van der Waals surface area (Å²) >= 11 is 0. The van der Waals surface area contributed by atoms with Crippen LogP contribution in [0, 0.1) is 0 Å². The molecule has 1 amide bonds. The molecule has 6 nitrogen and oxygen atoms in total. The molecule has 1 heterocycles. The number of carbonyl (C=O) groups excluding carboxylic acids is 1. The van der Waals surface area contributed by atoms with Crippen molar-refractivity contribution in [3.8, 4) is 0 Å². The van der Waals surface area contributed by atoms with E-state index in [1.807, 2.05) is 12.1 Å². The summed E-state index contributed by atoms with van der Waals surface area (Å²) in [6, 6.07) is 12.9. The molecule has 168 valence electrons. The molecule has 0 radical (unpaired) electrons. The highest BCUT2D eigenvalue weighted by Crippen LogP contribution is 2.26.